The van der Waals surface area contributed by atoms with E-state index in [1.807, 2.05) is 26.0 Å². The topological polar surface area (TPSA) is 60.7 Å². The molecule has 122 valence electrons. The van der Waals surface area contributed by atoms with E-state index < -0.39 is 0 Å². The van der Waals surface area contributed by atoms with Gasteiger partial charge in [0.15, 0.2) is 5.78 Å². The van der Waals surface area contributed by atoms with E-state index in [9.17, 15) is 4.79 Å². The van der Waals surface area contributed by atoms with E-state index in [1.165, 1.54) is 17.3 Å². The van der Waals surface area contributed by atoms with Gasteiger partial charge in [-0.25, -0.2) is 0 Å². The summed E-state index contributed by atoms with van der Waals surface area (Å²) in [7, 11) is 0. The van der Waals surface area contributed by atoms with Gasteiger partial charge in [-0.15, -0.1) is 5.10 Å². The van der Waals surface area contributed by atoms with Crippen molar-refractivity contribution in [2.45, 2.75) is 19.0 Å². The van der Waals surface area contributed by atoms with E-state index in [0.717, 1.165) is 11.3 Å². The molecular formula is C17H15ClN4OS. The third kappa shape index (κ3) is 3.66. The fraction of sp³-hybridized carbons (Fsp3) is 0.176. The summed E-state index contributed by atoms with van der Waals surface area (Å²) in [6.45, 7) is 4.05. The molecule has 1 aromatic heterocycles. The van der Waals surface area contributed by atoms with Crippen LogP contribution in [0.4, 0.5) is 0 Å². The third-order valence-electron chi connectivity index (χ3n) is 3.52. The van der Waals surface area contributed by atoms with Crippen LogP contribution >= 0.6 is 23.4 Å². The lowest BCUT2D eigenvalue weighted by molar-refractivity contribution is 0.102. The first kappa shape index (κ1) is 16.7. The number of Topliss-reactive ketones (excluding diaryl/α,β-unsaturated/α-hetero) is 1. The highest BCUT2D eigenvalue weighted by Crippen LogP contribution is 2.22. The maximum Gasteiger partial charge on any atom is 0.214 e. The SMILES string of the molecule is Cc1ccc(-n2nnnc2SCC(=O)c2ccc(Cl)cc2)c(C)c1. The molecule has 0 atom stereocenters. The first-order chi connectivity index (χ1) is 11.5. The Morgan fingerprint density at radius 3 is 2.62 bits per heavy atom. The molecule has 0 radical (unpaired) electrons. The molecule has 0 unspecified atom stereocenters. The van der Waals surface area contributed by atoms with Crippen LogP contribution < -0.4 is 0 Å². The number of tetrazole rings is 1. The lowest BCUT2D eigenvalue weighted by Gasteiger charge is -2.08. The maximum absolute atomic E-state index is 12.3. The average molecular weight is 359 g/mol. The summed E-state index contributed by atoms with van der Waals surface area (Å²) in [5, 5.41) is 13.0. The highest BCUT2D eigenvalue weighted by atomic mass is 35.5. The predicted octanol–water partition coefficient (Wildman–Crippen LogP) is 3.91. The van der Waals surface area contributed by atoms with Crippen LogP contribution in [0.1, 0.15) is 21.5 Å². The molecule has 0 bridgehead atoms. The van der Waals surface area contributed by atoms with E-state index in [1.54, 1.807) is 28.9 Å². The van der Waals surface area contributed by atoms with Crippen LogP contribution in [0, 0.1) is 13.8 Å². The zero-order valence-electron chi connectivity index (χ0n) is 13.2. The van der Waals surface area contributed by atoms with Crippen LogP contribution in [0.3, 0.4) is 0 Å². The molecule has 0 aliphatic heterocycles. The molecule has 0 amide bonds. The lowest BCUT2D eigenvalue weighted by atomic mass is 10.1. The van der Waals surface area contributed by atoms with E-state index in [-0.39, 0.29) is 11.5 Å². The Balaban J connectivity index is 1.76. The van der Waals surface area contributed by atoms with Gasteiger partial charge < -0.3 is 0 Å². The molecule has 1 heterocycles. The number of hydrogen-bond donors (Lipinski definition) is 0. The normalized spacial score (nSPS) is 10.8. The number of aryl methyl sites for hydroxylation is 2. The van der Waals surface area contributed by atoms with Crippen LogP contribution in [0.5, 0.6) is 0 Å². The van der Waals surface area contributed by atoms with Gasteiger partial charge in [-0.1, -0.05) is 41.1 Å². The highest BCUT2D eigenvalue weighted by molar-refractivity contribution is 7.99. The molecule has 0 saturated carbocycles. The van der Waals surface area contributed by atoms with Gasteiger partial charge in [0.1, 0.15) is 0 Å². The van der Waals surface area contributed by atoms with E-state index in [2.05, 4.69) is 21.6 Å². The van der Waals surface area contributed by atoms with Crippen molar-refractivity contribution < 1.29 is 4.79 Å². The summed E-state index contributed by atoms with van der Waals surface area (Å²) in [4.78, 5) is 12.3. The molecule has 0 aliphatic carbocycles. The fourth-order valence-corrected chi connectivity index (χ4v) is 3.22. The number of aromatic nitrogens is 4. The largest absolute Gasteiger partial charge is 0.293 e. The van der Waals surface area contributed by atoms with Crippen molar-refractivity contribution in [3.05, 3.63) is 64.2 Å². The number of halogens is 1. The highest BCUT2D eigenvalue weighted by Gasteiger charge is 2.14. The second kappa shape index (κ2) is 7.15. The van der Waals surface area contributed by atoms with Crippen molar-refractivity contribution in [2.75, 3.05) is 5.75 Å². The zero-order chi connectivity index (χ0) is 17.1. The van der Waals surface area contributed by atoms with Gasteiger partial charge in [-0.05, 0) is 60.2 Å². The Kier molecular flexibility index (Phi) is 4.97. The molecule has 0 N–H and O–H groups in total. The predicted molar refractivity (Wildman–Crippen MR) is 95.1 cm³/mol. The average Bonchev–Trinajstić information content (AvgIpc) is 3.01. The van der Waals surface area contributed by atoms with Crippen LogP contribution in [-0.4, -0.2) is 31.7 Å². The molecule has 0 spiro atoms. The zero-order valence-corrected chi connectivity index (χ0v) is 14.8. The molecule has 0 aliphatic rings. The molecule has 0 fully saturated rings. The van der Waals surface area contributed by atoms with Crippen molar-refractivity contribution >= 4 is 29.1 Å². The molecule has 5 nitrogen and oxygen atoms in total. The van der Waals surface area contributed by atoms with E-state index >= 15 is 0 Å². The molecule has 2 aromatic carbocycles. The molecule has 3 rings (SSSR count). The lowest BCUT2D eigenvalue weighted by Crippen LogP contribution is -2.05. The molecule has 24 heavy (non-hydrogen) atoms. The summed E-state index contributed by atoms with van der Waals surface area (Å²) in [6.07, 6.45) is 0. The van der Waals surface area contributed by atoms with Gasteiger partial charge in [0, 0.05) is 10.6 Å². The molecular weight excluding hydrogens is 344 g/mol. The standard InChI is InChI=1S/C17H15ClN4OS/c1-11-3-8-15(12(2)9-11)22-17(19-20-21-22)24-10-16(23)13-4-6-14(18)7-5-13/h3-9H,10H2,1-2H3. The Bertz CT molecular complexity index is 877. The molecule has 7 heteroatoms. The van der Waals surface area contributed by atoms with E-state index in [0.29, 0.717) is 15.7 Å². The van der Waals surface area contributed by atoms with Crippen molar-refractivity contribution in [1.82, 2.24) is 20.2 Å². The Morgan fingerprint density at radius 1 is 1.17 bits per heavy atom. The second-order valence-corrected chi connectivity index (χ2v) is 6.76. The number of rotatable bonds is 5. The Labute approximate surface area is 149 Å². The number of ketones is 1. The number of carbonyl (C=O) groups excluding carboxylic acids is 1. The van der Waals surface area contributed by atoms with Crippen LogP contribution in [0.2, 0.25) is 5.02 Å². The van der Waals surface area contributed by atoms with Gasteiger partial charge in [0.05, 0.1) is 11.4 Å². The number of thioether (sulfide) groups is 1. The first-order valence-corrected chi connectivity index (χ1v) is 8.68. The van der Waals surface area contributed by atoms with Gasteiger partial charge in [0.2, 0.25) is 5.16 Å². The van der Waals surface area contributed by atoms with Gasteiger partial charge in [-0.3, -0.25) is 4.79 Å². The van der Waals surface area contributed by atoms with Crippen LogP contribution in [0.25, 0.3) is 5.69 Å². The van der Waals surface area contributed by atoms with E-state index in [4.69, 9.17) is 11.6 Å². The smallest absolute Gasteiger partial charge is 0.214 e. The summed E-state index contributed by atoms with van der Waals surface area (Å²) in [5.74, 6) is 0.263. The molecule has 0 saturated heterocycles. The number of benzene rings is 2. The maximum atomic E-state index is 12.3. The van der Waals surface area contributed by atoms with Gasteiger partial charge >= 0.3 is 0 Å². The fourth-order valence-electron chi connectivity index (χ4n) is 2.31. The third-order valence-corrected chi connectivity index (χ3v) is 4.69. The second-order valence-electron chi connectivity index (χ2n) is 5.38. The summed E-state index contributed by atoms with van der Waals surface area (Å²) in [5.41, 5.74) is 3.79. The van der Waals surface area contributed by atoms with Crippen molar-refractivity contribution in [3.8, 4) is 5.69 Å². The van der Waals surface area contributed by atoms with Crippen LogP contribution in [-0.2, 0) is 0 Å². The minimum atomic E-state index is 0.00634. The number of hydrogen-bond acceptors (Lipinski definition) is 5. The summed E-state index contributed by atoms with van der Waals surface area (Å²) in [6, 6.07) is 12.9. The summed E-state index contributed by atoms with van der Waals surface area (Å²) >= 11 is 7.16. The van der Waals surface area contributed by atoms with Gasteiger partial charge in [-0.2, -0.15) is 4.68 Å². The monoisotopic (exact) mass is 358 g/mol. The Morgan fingerprint density at radius 2 is 1.92 bits per heavy atom. The number of carbonyl (C=O) groups is 1. The van der Waals surface area contributed by atoms with Crippen molar-refractivity contribution in [3.63, 3.8) is 0 Å². The summed E-state index contributed by atoms with van der Waals surface area (Å²) < 4.78 is 1.66. The van der Waals surface area contributed by atoms with Crippen molar-refractivity contribution in [2.24, 2.45) is 0 Å². The first-order valence-electron chi connectivity index (χ1n) is 7.32. The molecule has 3 aromatic rings. The quantitative estimate of drug-likeness (QED) is 0.511. The van der Waals surface area contributed by atoms with Gasteiger partial charge in [0.25, 0.3) is 0 Å². The minimum absolute atomic E-state index is 0.00634. The van der Waals surface area contributed by atoms with Crippen molar-refractivity contribution in [1.29, 1.82) is 0 Å². The minimum Gasteiger partial charge on any atom is -0.293 e. The number of nitrogens with zero attached hydrogens (tertiary/aromatic N) is 4. The Hall–Kier alpha value is -2.18. The van der Waals surface area contributed by atoms with Crippen LogP contribution in [0.15, 0.2) is 47.6 Å².